The summed E-state index contributed by atoms with van der Waals surface area (Å²) in [4.78, 5) is 21.3. The summed E-state index contributed by atoms with van der Waals surface area (Å²) in [5.41, 5.74) is 0.560. The highest BCUT2D eigenvalue weighted by Gasteiger charge is 2.02. The molecule has 0 saturated carbocycles. The lowest BCUT2D eigenvalue weighted by Gasteiger charge is -2.02. The van der Waals surface area contributed by atoms with Crippen LogP contribution in [-0.2, 0) is 4.79 Å². The van der Waals surface area contributed by atoms with Gasteiger partial charge in [-0.25, -0.2) is 0 Å². The minimum atomic E-state index is -0.369. The van der Waals surface area contributed by atoms with Crippen LogP contribution in [0.1, 0.15) is 23.7 Å². The molecule has 0 N–H and O–H groups in total. The summed E-state index contributed by atoms with van der Waals surface area (Å²) < 4.78 is 4.94. The maximum atomic E-state index is 11.0. The first-order valence-corrected chi connectivity index (χ1v) is 4.36. The molecule has 0 aliphatic rings. The summed E-state index contributed by atoms with van der Waals surface area (Å²) in [6, 6.07) is 6.37. The number of ether oxygens (including phenoxy) is 1. The average molecular weight is 191 g/mol. The third-order valence-corrected chi connectivity index (χ3v) is 1.61. The van der Waals surface area contributed by atoms with E-state index in [1.807, 2.05) is 6.92 Å². The first-order valence-electron chi connectivity index (χ1n) is 4.36. The second-order valence-corrected chi connectivity index (χ2v) is 2.72. The van der Waals surface area contributed by atoms with Crippen molar-refractivity contribution >= 4 is 12.3 Å². The van der Waals surface area contributed by atoms with Crippen LogP contribution >= 0.6 is 0 Å². The molecular weight excluding hydrogens is 180 g/mol. The van der Waals surface area contributed by atoms with Crippen molar-refractivity contribution in [3.63, 3.8) is 0 Å². The maximum Gasteiger partial charge on any atom is 0.315 e. The number of hydrogen-bond acceptors (Lipinski definition) is 3. The van der Waals surface area contributed by atoms with E-state index in [1.54, 1.807) is 24.3 Å². The average Bonchev–Trinajstić information content (AvgIpc) is 2.19. The van der Waals surface area contributed by atoms with Crippen LogP contribution in [0.4, 0.5) is 0 Å². The molecule has 1 rings (SSSR count). The minimum Gasteiger partial charge on any atom is -0.426 e. The second kappa shape index (κ2) is 5.17. The number of carbonyl (C=O) groups excluding carboxylic acids is 2. The summed E-state index contributed by atoms with van der Waals surface area (Å²) >= 11 is 0. The van der Waals surface area contributed by atoms with Gasteiger partial charge in [0.25, 0.3) is 0 Å². The molecule has 3 heteroatoms. The van der Waals surface area contributed by atoms with Crippen molar-refractivity contribution in [1.29, 1.82) is 0 Å². The zero-order valence-electron chi connectivity index (χ0n) is 7.90. The van der Waals surface area contributed by atoms with Gasteiger partial charge in [0.05, 0.1) is 6.42 Å². The Hall–Kier alpha value is -1.64. The molecule has 0 unspecified atom stereocenters. The van der Waals surface area contributed by atoms with Gasteiger partial charge in [0, 0.05) is 5.56 Å². The summed E-state index contributed by atoms with van der Waals surface area (Å²) in [7, 11) is 0. The SMILES string of the molecule is CC[CH]C(=O)Oc1ccc(C=O)cc1. The lowest BCUT2D eigenvalue weighted by atomic mass is 10.2. The van der Waals surface area contributed by atoms with E-state index in [1.165, 1.54) is 6.42 Å². The van der Waals surface area contributed by atoms with Crippen molar-refractivity contribution in [2.45, 2.75) is 13.3 Å². The molecular formula is C11H11O3. The largest absolute Gasteiger partial charge is 0.426 e. The molecule has 73 valence electrons. The van der Waals surface area contributed by atoms with Crippen molar-refractivity contribution in [2.24, 2.45) is 0 Å². The van der Waals surface area contributed by atoms with Crippen LogP contribution in [0.25, 0.3) is 0 Å². The van der Waals surface area contributed by atoms with E-state index in [4.69, 9.17) is 4.74 Å². The first-order chi connectivity index (χ1) is 6.76. The molecule has 0 fully saturated rings. The Morgan fingerprint density at radius 3 is 2.50 bits per heavy atom. The number of hydrogen-bond donors (Lipinski definition) is 0. The van der Waals surface area contributed by atoms with Gasteiger partial charge in [-0.2, -0.15) is 0 Å². The quantitative estimate of drug-likeness (QED) is 0.415. The van der Waals surface area contributed by atoms with Gasteiger partial charge in [0.1, 0.15) is 12.0 Å². The molecule has 0 bridgehead atoms. The predicted molar refractivity (Wildman–Crippen MR) is 52.1 cm³/mol. The molecule has 0 amide bonds. The molecule has 0 heterocycles. The van der Waals surface area contributed by atoms with E-state index in [2.05, 4.69) is 0 Å². The molecule has 0 saturated heterocycles. The fraction of sp³-hybridized carbons (Fsp3) is 0.182. The van der Waals surface area contributed by atoms with Crippen LogP contribution < -0.4 is 4.74 Å². The van der Waals surface area contributed by atoms with Gasteiger partial charge in [0.2, 0.25) is 0 Å². The third-order valence-electron chi connectivity index (χ3n) is 1.61. The topological polar surface area (TPSA) is 43.4 Å². The van der Waals surface area contributed by atoms with E-state index in [0.717, 1.165) is 6.29 Å². The van der Waals surface area contributed by atoms with Crippen LogP contribution in [0.3, 0.4) is 0 Å². The Morgan fingerprint density at radius 1 is 1.36 bits per heavy atom. The van der Waals surface area contributed by atoms with Gasteiger partial charge in [-0.05, 0) is 30.7 Å². The number of rotatable bonds is 4. The van der Waals surface area contributed by atoms with Gasteiger partial charge in [-0.15, -0.1) is 0 Å². The Morgan fingerprint density at radius 2 is 2.00 bits per heavy atom. The van der Waals surface area contributed by atoms with Gasteiger partial charge < -0.3 is 4.74 Å². The molecule has 0 aliphatic carbocycles. The minimum absolute atomic E-state index is 0.369. The van der Waals surface area contributed by atoms with E-state index in [-0.39, 0.29) is 5.97 Å². The van der Waals surface area contributed by atoms with E-state index in [0.29, 0.717) is 17.7 Å². The zero-order valence-corrected chi connectivity index (χ0v) is 7.90. The molecule has 0 aromatic heterocycles. The van der Waals surface area contributed by atoms with Crippen molar-refractivity contribution in [3.05, 3.63) is 36.2 Å². The van der Waals surface area contributed by atoms with Gasteiger partial charge in [-0.3, -0.25) is 9.59 Å². The highest BCUT2D eigenvalue weighted by molar-refractivity contribution is 5.81. The molecule has 1 aromatic rings. The standard InChI is InChI=1S/C11H11O3/c1-2-3-11(13)14-10-6-4-9(8-12)5-7-10/h3-8H,2H2,1H3. The Balaban J connectivity index is 2.59. The van der Waals surface area contributed by atoms with Crippen molar-refractivity contribution in [2.75, 3.05) is 0 Å². The monoisotopic (exact) mass is 191 g/mol. The summed E-state index contributed by atoms with van der Waals surface area (Å²) in [5, 5.41) is 0. The highest BCUT2D eigenvalue weighted by atomic mass is 16.5. The Kier molecular flexibility index (Phi) is 3.85. The number of benzene rings is 1. The first kappa shape index (κ1) is 10.4. The van der Waals surface area contributed by atoms with Gasteiger partial charge in [0.15, 0.2) is 0 Å². The fourth-order valence-electron chi connectivity index (χ4n) is 0.939. The third kappa shape index (κ3) is 3.01. The molecule has 0 atom stereocenters. The van der Waals surface area contributed by atoms with Crippen molar-refractivity contribution in [3.8, 4) is 5.75 Å². The molecule has 1 aromatic carbocycles. The van der Waals surface area contributed by atoms with Gasteiger partial charge >= 0.3 is 5.97 Å². The summed E-state index contributed by atoms with van der Waals surface area (Å²) in [5.74, 6) is 0.0802. The Bertz CT molecular complexity index is 314. The molecule has 1 radical (unpaired) electrons. The number of carbonyl (C=O) groups is 2. The van der Waals surface area contributed by atoms with Crippen molar-refractivity contribution < 1.29 is 14.3 Å². The van der Waals surface area contributed by atoms with Crippen molar-refractivity contribution in [1.82, 2.24) is 0 Å². The number of esters is 1. The van der Waals surface area contributed by atoms with Crippen LogP contribution in [0.5, 0.6) is 5.75 Å². The summed E-state index contributed by atoms with van der Waals surface area (Å²) in [6.45, 7) is 1.86. The molecule has 0 aliphatic heterocycles. The van der Waals surface area contributed by atoms with Crippen LogP contribution in [0, 0.1) is 6.42 Å². The second-order valence-electron chi connectivity index (χ2n) is 2.72. The lowest BCUT2D eigenvalue weighted by molar-refractivity contribution is -0.130. The highest BCUT2D eigenvalue weighted by Crippen LogP contribution is 2.11. The van der Waals surface area contributed by atoms with E-state index >= 15 is 0 Å². The molecule has 3 nitrogen and oxygen atoms in total. The normalized spacial score (nSPS) is 9.50. The molecule has 14 heavy (non-hydrogen) atoms. The van der Waals surface area contributed by atoms with E-state index < -0.39 is 0 Å². The Labute approximate surface area is 82.7 Å². The molecule has 0 spiro atoms. The van der Waals surface area contributed by atoms with Gasteiger partial charge in [-0.1, -0.05) is 6.92 Å². The summed E-state index contributed by atoms with van der Waals surface area (Å²) in [6.07, 6.45) is 2.84. The predicted octanol–water partition coefficient (Wildman–Crippen LogP) is 2.02. The zero-order chi connectivity index (χ0) is 10.4. The van der Waals surface area contributed by atoms with Crippen LogP contribution in [0.15, 0.2) is 24.3 Å². The number of aldehydes is 1. The smallest absolute Gasteiger partial charge is 0.315 e. The fourth-order valence-corrected chi connectivity index (χ4v) is 0.939. The lowest BCUT2D eigenvalue weighted by Crippen LogP contribution is -2.07. The van der Waals surface area contributed by atoms with Crippen LogP contribution in [0.2, 0.25) is 0 Å². The van der Waals surface area contributed by atoms with Crippen LogP contribution in [-0.4, -0.2) is 12.3 Å². The van der Waals surface area contributed by atoms with E-state index in [9.17, 15) is 9.59 Å². The maximum absolute atomic E-state index is 11.0.